The molecule has 0 saturated heterocycles. The van der Waals surface area contributed by atoms with Gasteiger partial charge in [0.15, 0.2) is 0 Å². The van der Waals surface area contributed by atoms with Crippen molar-refractivity contribution in [2.75, 3.05) is 5.88 Å². The van der Waals surface area contributed by atoms with Gasteiger partial charge >= 0.3 is 0 Å². The van der Waals surface area contributed by atoms with Crippen LogP contribution in [0.25, 0.3) is 16.7 Å². The summed E-state index contributed by atoms with van der Waals surface area (Å²) in [6.07, 6.45) is 0.688. The number of hydrogen-bond acceptors (Lipinski definition) is 1. The van der Waals surface area contributed by atoms with Gasteiger partial charge in [-0.15, -0.1) is 11.6 Å². The Hall–Kier alpha value is -0.490. The number of aryl methyl sites for hydroxylation is 1. The Labute approximate surface area is 151 Å². The number of imidazole rings is 1. The maximum Gasteiger partial charge on any atom is 0.115 e. The predicted octanol–water partition coefficient (Wildman–Crippen LogP) is 5.72. The van der Waals surface area contributed by atoms with Crippen LogP contribution in [0.15, 0.2) is 36.4 Å². The smallest absolute Gasteiger partial charge is 0.115 e. The molecule has 0 radical (unpaired) electrons. The van der Waals surface area contributed by atoms with Gasteiger partial charge in [0.2, 0.25) is 0 Å². The highest BCUT2D eigenvalue weighted by Gasteiger charge is 2.13. The molecule has 0 N–H and O–H groups in total. The summed E-state index contributed by atoms with van der Waals surface area (Å²) >= 11 is 20.3. The van der Waals surface area contributed by atoms with Crippen molar-refractivity contribution in [3.63, 3.8) is 0 Å². The zero-order valence-electron chi connectivity index (χ0n) is 10.8. The maximum absolute atomic E-state index is 6.14. The molecule has 0 aliphatic heterocycles. The lowest BCUT2D eigenvalue weighted by Gasteiger charge is -2.09. The summed E-state index contributed by atoms with van der Waals surface area (Å²) in [6, 6.07) is 11.8. The zero-order chi connectivity index (χ0) is 15.0. The number of fused-ring (bicyclic) bond motifs is 1. The lowest BCUT2D eigenvalue weighted by atomic mass is 10.2. The number of hydrogen-bond donors (Lipinski definition) is 0. The van der Waals surface area contributed by atoms with Crippen LogP contribution in [0.1, 0.15) is 5.82 Å². The van der Waals surface area contributed by atoms with Gasteiger partial charge in [0, 0.05) is 21.6 Å². The molecule has 1 heterocycles. The van der Waals surface area contributed by atoms with Crippen LogP contribution in [-0.2, 0) is 6.42 Å². The lowest BCUT2D eigenvalue weighted by molar-refractivity contribution is 0.912. The molecule has 0 fully saturated rings. The first-order chi connectivity index (χ1) is 10.1. The minimum Gasteiger partial charge on any atom is -0.296 e. The van der Waals surface area contributed by atoms with Gasteiger partial charge in [-0.2, -0.15) is 0 Å². The standard InChI is InChI=1S/C15H10Cl3IN2/c16-6-5-15-20-13-7-9(19)1-4-14(13)21(15)10-2-3-11(17)12(18)8-10/h1-4,7-8H,5-6H2. The molecule has 0 atom stereocenters. The Bertz CT molecular complexity index is 814. The van der Waals surface area contributed by atoms with Crippen LogP contribution in [-0.4, -0.2) is 15.4 Å². The number of benzene rings is 2. The predicted molar refractivity (Wildman–Crippen MR) is 98.2 cm³/mol. The summed E-state index contributed by atoms with van der Waals surface area (Å²) in [7, 11) is 0. The first-order valence-electron chi connectivity index (χ1n) is 6.28. The molecule has 6 heteroatoms. The molecular weight excluding hydrogens is 441 g/mol. The Morgan fingerprint density at radius 1 is 1.05 bits per heavy atom. The van der Waals surface area contributed by atoms with Crippen molar-refractivity contribution >= 4 is 68.4 Å². The van der Waals surface area contributed by atoms with Gasteiger partial charge in [0.05, 0.1) is 21.1 Å². The van der Waals surface area contributed by atoms with E-state index in [1.165, 1.54) is 0 Å². The van der Waals surface area contributed by atoms with Crippen molar-refractivity contribution in [1.82, 2.24) is 9.55 Å². The SMILES string of the molecule is ClCCc1nc2cc(I)ccc2n1-c1ccc(Cl)c(Cl)c1. The topological polar surface area (TPSA) is 17.8 Å². The van der Waals surface area contributed by atoms with Crippen molar-refractivity contribution in [3.05, 3.63) is 55.8 Å². The molecule has 21 heavy (non-hydrogen) atoms. The zero-order valence-corrected chi connectivity index (χ0v) is 15.2. The van der Waals surface area contributed by atoms with E-state index in [2.05, 4.69) is 50.3 Å². The quantitative estimate of drug-likeness (QED) is 0.368. The minimum atomic E-state index is 0.516. The third kappa shape index (κ3) is 3.02. The Morgan fingerprint density at radius 2 is 1.86 bits per heavy atom. The lowest BCUT2D eigenvalue weighted by Crippen LogP contribution is -2.02. The third-order valence-corrected chi connectivity index (χ3v) is 4.76. The van der Waals surface area contributed by atoms with Gasteiger partial charge in [-0.3, -0.25) is 4.57 Å². The Kier molecular flexibility index (Phi) is 4.64. The number of alkyl halides is 1. The van der Waals surface area contributed by atoms with E-state index in [9.17, 15) is 0 Å². The summed E-state index contributed by atoms with van der Waals surface area (Å²) in [5.74, 6) is 1.43. The van der Waals surface area contributed by atoms with Crippen LogP contribution in [0, 0.1) is 3.57 Å². The molecule has 0 amide bonds. The third-order valence-electron chi connectivity index (χ3n) is 3.17. The van der Waals surface area contributed by atoms with Crippen LogP contribution < -0.4 is 0 Å². The maximum atomic E-state index is 6.14. The molecular formula is C15H10Cl3IN2. The van der Waals surface area contributed by atoms with Gasteiger partial charge < -0.3 is 0 Å². The molecule has 0 bridgehead atoms. The van der Waals surface area contributed by atoms with Crippen LogP contribution >= 0.6 is 57.4 Å². The highest BCUT2D eigenvalue weighted by atomic mass is 127. The number of halogens is 4. The Balaban J connectivity index is 2.27. The van der Waals surface area contributed by atoms with E-state index >= 15 is 0 Å². The summed E-state index contributed by atoms with van der Waals surface area (Å²) in [5, 5.41) is 1.07. The second-order valence-electron chi connectivity index (χ2n) is 4.53. The summed E-state index contributed by atoms with van der Waals surface area (Å²) in [4.78, 5) is 4.69. The molecule has 0 unspecified atom stereocenters. The fraction of sp³-hybridized carbons (Fsp3) is 0.133. The molecule has 1 aromatic heterocycles. The Morgan fingerprint density at radius 3 is 2.57 bits per heavy atom. The van der Waals surface area contributed by atoms with Gasteiger partial charge in [-0.05, 0) is 59.0 Å². The average molecular weight is 452 g/mol. The largest absolute Gasteiger partial charge is 0.296 e. The van der Waals surface area contributed by atoms with E-state index in [0.717, 1.165) is 26.1 Å². The van der Waals surface area contributed by atoms with Gasteiger partial charge in [-0.1, -0.05) is 23.2 Å². The molecule has 108 valence electrons. The number of nitrogens with zero attached hydrogens (tertiary/aromatic N) is 2. The summed E-state index contributed by atoms with van der Waals surface area (Å²) in [6.45, 7) is 0. The van der Waals surface area contributed by atoms with Gasteiger partial charge in [0.25, 0.3) is 0 Å². The summed E-state index contributed by atoms with van der Waals surface area (Å²) in [5.41, 5.74) is 2.93. The van der Waals surface area contributed by atoms with E-state index in [1.807, 2.05) is 12.1 Å². The van der Waals surface area contributed by atoms with Gasteiger partial charge in [-0.25, -0.2) is 4.98 Å². The number of rotatable bonds is 3. The monoisotopic (exact) mass is 450 g/mol. The van der Waals surface area contributed by atoms with E-state index in [4.69, 9.17) is 34.8 Å². The van der Waals surface area contributed by atoms with Crippen LogP contribution in [0.3, 0.4) is 0 Å². The van der Waals surface area contributed by atoms with E-state index in [-0.39, 0.29) is 0 Å². The normalized spacial score (nSPS) is 11.2. The van der Waals surface area contributed by atoms with Crippen LogP contribution in [0.5, 0.6) is 0 Å². The van der Waals surface area contributed by atoms with Crippen LogP contribution in [0.4, 0.5) is 0 Å². The van der Waals surface area contributed by atoms with E-state index in [0.29, 0.717) is 22.3 Å². The average Bonchev–Trinajstić information content (AvgIpc) is 2.79. The number of aromatic nitrogens is 2. The van der Waals surface area contributed by atoms with Gasteiger partial charge in [0.1, 0.15) is 5.82 Å². The molecule has 0 aliphatic rings. The van der Waals surface area contributed by atoms with Crippen molar-refractivity contribution in [1.29, 1.82) is 0 Å². The summed E-state index contributed by atoms with van der Waals surface area (Å²) < 4.78 is 3.23. The molecule has 2 nitrogen and oxygen atoms in total. The molecule has 0 saturated carbocycles. The first-order valence-corrected chi connectivity index (χ1v) is 8.65. The second kappa shape index (κ2) is 6.32. The van der Waals surface area contributed by atoms with E-state index < -0.39 is 0 Å². The molecule has 3 rings (SSSR count). The fourth-order valence-electron chi connectivity index (χ4n) is 2.27. The van der Waals surface area contributed by atoms with Crippen molar-refractivity contribution in [2.45, 2.75) is 6.42 Å². The van der Waals surface area contributed by atoms with E-state index in [1.54, 1.807) is 6.07 Å². The first kappa shape index (κ1) is 15.4. The minimum absolute atomic E-state index is 0.516. The molecule has 2 aromatic carbocycles. The van der Waals surface area contributed by atoms with Crippen molar-refractivity contribution in [3.8, 4) is 5.69 Å². The highest BCUT2D eigenvalue weighted by Crippen LogP contribution is 2.28. The van der Waals surface area contributed by atoms with Crippen LogP contribution in [0.2, 0.25) is 10.0 Å². The fourth-order valence-corrected chi connectivity index (χ4v) is 3.20. The van der Waals surface area contributed by atoms with Crippen molar-refractivity contribution in [2.24, 2.45) is 0 Å². The highest BCUT2D eigenvalue weighted by molar-refractivity contribution is 14.1. The van der Waals surface area contributed by atoms with Crippen molar-refractivity contribution < 1.29 is 0 Å². The second-order valence-corrected chi connectivity index (χ2v) is 6.97. The molecule has 3 aromatic rings. The molecule has 0 spiro atoms. The molecule has 0 aliphatic carbocycles.